The van der Waals surface area contributed by atoms with E-state index in [1.54, 1.807) is 12.1 Å². The van der Waals surface area contributed by atoms with Gasteiger partial charge in [0.15, 0.2) is 0 Å². The van der Waals surface area contributed by atoms with Crippen LogP contribution in [0.3, 0.4) is 0 Å². The summed E-state index contributed by atoms with van der Waals surface area (Å²) in [5, 5.41) is 9.48. The van der Waals surface area contributed by atoms with Gasteiger partial charge in [-0.1, -0.05) is 0 Å². The topological polar surface area (TPSA) is 80.2 Å². The van der Waals surface area contributed by atoms with Crippen LogP contribution in [-0.4, -0.2) is 23.5 Å². The fourth-order valence-corrected chi connectivity index (χ4v) is 1.71. The highest BCUT2D eigenvalue weighted by atomic mass is 32.2. The molecule has 0 aliphatic rings. The van der Waals surface area contributed by atoms with E-state index < -0.39 is 10.7 Å². The summed E-state index contributed by atoms with van der Waals surface area (Å²) in [6, 6.07) is 4.63. The Morgan fingerprint density at radius 2 is 2.07 bits per heavy atom. The van der Waals surface area contributed by atoms with Crippen molar-refractivity contribution in [1.29, 1.82) is 0 Å². The summed E-state index contributed by atoms with van der Waals surface area (Å²) in [6.45, 7) is 0. The average molecular weight is 224 g/mol. The van der Waals surface area contributed by atoms with E-state index in [4.69, 9.17) is 0 Å². The van der Waals surface area contributed by atoms with Crippen molar-refractivity contribution in [1.82, 2.24) is 9.97 Å². The van der Waals surface area contributed by atoms with E-state index in [9.17, 15) is 13.5 Å². The molecule has 2 rings (SSSR count). The minimum atomic E-state index is -2.51. The molecule has 0 aliphatic heterocycles. The Bertz CT molecular complexity index is 573. The maximum absolute atomic E-state index is 10.5. The van der Waals surface area contributed by atoms with E-state index >= 15 is 0 Å². The molecule has 2 aromatic rings. The summed E-state index contributed by atoms with van der Waals surface area (Å²) in [6.07, 6.45) is 1.47. The van der Waals surface area contributed by atoms with Crippen molar-refractivity contribution in [2.24, 2.45) is 0 Å². The molecule has 0 amide bonds. The molecule has 0 spiro atoms. The monoisotopic (exact) mass is 224 g/mol. The number of fused-ring (bicyclic) bond motifs is 1. The maximum atomic E-state index is 10.5. The molecule has 0 aliphatic carbocycles. The molecule has 0 bridgehead atoms. The van der Waals surface area contributed by atoms with Gasteiger partial charge in [-0.25, -0.2) is 13.4 Å². The largest absolute Gasteiger partial charge is 0.506 e. The molecule has 1 N–H and O–H groups in total. The fraction of sp³-hybridized carbons (Fsp3) is 0.111. The Hall–Kier alpha value is -1.69. The zero-order valence-corrected chi connectivity index (χ0v) is 8.52. The lowest BCUT2D eigenvalue weighted by Gasteiger charge is -2.00. The molecular formula is C9H8N2O3S. The van der Waals surface area contributed by atoms with Gasteiger partial charge < -0.3 is 5.11 Å². The van der Waals surface area contributed by atoms with E-state index in [1.807, 2.05) is 0 Å². The molecule has 0 atom stereocenters. The van der Waals surface area contributed by atoms with Crippen molar-refractivity contribution in [2.75, 3.05) is 0 Å². The van der Waals surface area contributed by atoms with Gasteiger partial charge in [0, 0.05) is 12.3 Å². The Morgan fingerprint density at radius 1 is 1.27 bits per heavy atom. The third-order valence-corrected chi connectivity index (χ3v) is 2.49. The lowest BCUT2D eigenvalue weighted by atomic mass is 10.3. The highest BCUT2D eigenvalue weighted by Gasteiger charge is 2.04. The molecule has 2 heterocycles. The Labute approximate surface area is 87.4 Å². The summed E-state index contributed by atoms with van der Waals surface area (Å²) in [5.74, 6) is -0.123. The number of pyridine rings is 2. The first-order chi connectivity index (χ1) is 7.16. The van der Waals surface area contributed by atoms with Crippen LogP contribution in [0.25, 0.3) is 11.0 Å². The predicted molar refractivity (Wildman–Crippen MR) is 55.2 cm³/mol. The number of aromatic nitrogens is 2. The predicted octanol–water partition coefficient (Wildman–Crippen LogP) is 0.447. The minimum Gasteiger partial charge on any atom is -0.506 e. The number of hydrogen-bond acceptors (Lipinski definition) is 5. The number of nitrogens with zero attached hydrogens (tertiary/aromatic N) is 2. The van der Waals surface area contributed by atoms with Gasteiger partial charge >= 0.3 is 0 Å². The van der Waals surface area contributed by atoms with Crippen LogP contribution in [0.15, 0.2) is 24.4 Å². The van der Waals surface area contributed by atoms with Crippen LogP contribution < -0.4 is 0 Å². The van der Waals surface area contributed by atoms with Crippen molar-refractivity contribution in [2.45, 2.75) is 5.75 Å². The number of thiol groups is 1. The molecule has 2 aromatic heterocycles. The Balaban J connectivity index is 2.59. The summed E-state index contributed by atoms with van der Waals surface area (Å²) >= 11 is 0. The van der Waals surface area contributed by atoms with E-state index in [-0.39, 0.29) is 11.5 Å². The van der Waals surface area contributed by atoms with Crippen LogP contribution in [0.1, 0.15) is 5.69 Å². The van der Waals surface area contributed by atoms with Crippen molar-refractivity contribution >= 4 is 21.7 Å². The third kappa shape index (κ3) is 2.04. The van der Waals surface area contributed by atoms with E-state index in [2.05, 4.69) is 9.97 Å². The standard InChI is InChI=1S/C9H8N2O3S/c12-8-3-4-10-7-2-1-6(5-15(13)14)11-9(7)8/h1-4,15H,5H2,(H,10,12). The molecule has 0 fully saturated rings. The molecule has 0 aromatic carbocycles. The summed E-state index contributed by atoms with van der Waals surface area (Å²) in [5.41, 5.74) is 1.27. The van der Waals surface area contributed by atoms with Crippen LogP contribution in [0.5, 0.6) is 5.75 Å². The zero-order chi connectivity index (χ0) is 10.8. The van der Waals surface area contributed by atoms with Crippen LogP contribution in [0, 0.1) is 0 Å². The Kier molecular flexibility index (Phi) is 2.51. The van der Waals surface area contributed by atoms with Gasteiger partial charge in [0.1, 0.15) is 22.0 Å². The van der Waals surface area contributed by atoms with Gasteiger partial charge in [-0.3, -0.25) is 4.98 Å². The number of rotatable bonds is 2. The van der Waals surface area contributed by atoms with Crippen LogP contribution >= 0.6 is 0 Å². The number of hydrogen-bond donors (Lipinski definition) is 2. The van der Waals surface area contributed by atoms with Crippen molar-refractivity contribution in [3.8, 4) is 5.75 Å². The van der Waals surface area contributed by atoms with E-state index in [1.165, 1.54) is 12.3 Å². The average Bonchev–Trinajstić information content (AvgIpc) is 2.18. The molecule has 78 valence electrons. The van der Waals surface area contributed by atoms with Crippen molar-refractivity contribution in [3.63, 3.8) is 0 Å². The van der Waals surface area contributed by atoms with Crippen LogP contribution in [0.2, 0.25) is 0 Å². The summed E-state index contributed by atoms with van der Waals surface area (Å²) < 4.78 is 21.0. The second kappa shape index (κ2) is 3.82. The van der Waals surface area contributed by atoms with E-state index in [0.29, 0.717) is 16.7 Å². The van der Waals surface area contributed by atoms with Crippen molar-refractivity contribution in [3.05, 3.63) is 30.1 Å². The molecule has 6 heteroatoms. The molecule has 0 saturated heterocycles. The molecule has 0 saturated carbocycles. The molecule has 0 radical (unpaired) electrons. The second-order valence-electron chi connectivity index (χ2n) is 2.99. The zero-order valence-electron chi connectivity index (χ0n) is 7.62. The first-order valence-electron chi connectivity index (χ1n) is 4.22. The lowest BCUT2D eigenvalue weighted by Crippen LogP contribution is -1.93. The minimum absolute atomic E-state index is 0.00276. The highest BCUT2D eigenvalue weighted by molar-refractivity contribution is 7.71. The van der Waals surface area contributed by atoms with Crippen LogP contribution in [0.4, 0.5) is 0 Å². The van der Waals surface area contributed by atoms with Gasteiger partial charge in [0.05, 0.1) is 17.0 Å². The molecular weight excluding hydrogens is 216 g/mol. The lowest BCUT2D eigenvalue weighted by molar-refractivity contribution is 0.479. The van der Waals surface area contributed by atoms with Gasteiger partial charge in [0.25, 0.3) is 0 Å². The quantitative estimate of drug-likeness (QED) is 0.724. The summed E-state index contributed by atoms with van der Waals surface area (Å²) in [7, 11) is -2.51. The maximum Gasteiger partial charge on any atom is 0.145 e. The van der Waals surface area contributed by atoms with Gasteiger partial charge in [-0.15, -0.1) is 0 Å². The highest BCUT2D eigenvalue weighted by Crippen LogP contribution is 2.20. The summed E-state index contributed by atoms with van der Waals surface area (Å²) in [4.78, 5) is 8.01. The van der Waals surface area contributed by atoms with Gasteiger partial charge in [0.2, 0.25) is 0 Å². The first-order valence-corrected chi connectivity index (χ1v) is 5.58. The number of aromatic hydroxyl groups is 1. The third-order valence-electron chi connectivity index (χ3n) is 1.91. The molecule has 0 unspecified atom stereocenters. The second-order valence-corrected chi connectivity index (χ2v) is 3.97. The Morgan fingerprint density at radius 3 is 2.80 bits per heavy atom. The van der Waals surface area contributed by atoms with Crippen LogP contribution in [-0.2, 0) is 16.5 Å². The van der Waals surface area contributed by atoms with Gasteiger partial charge in [-0.05, 0) is 12.1 Å². The molecule has 15 heavy (non-hydrogen) atoms. The molecule has 5 nitrogen and oxygen atoms in total. The fourth-order valence-electron chi connectivity index (χ4n) is 1.27. The van der Waals surface area contributed by atoms with Gasteiger partial charge in [-0.2, -0.15) is 0 Å². The van der Waals surface area contributed by atoms with E-state index in [0.717, 1.165) is 0 Å². The van der Waals surface area contributed by atoms with Crippen molar-refractivity contribution < 1.29 is 13.5 Å². The first kappa shape index (κ1) is 9.85. The smallest absolute Gasteiger partial charge is 0.145 e. The SMILES string of the molecule is O=[SH](=O)Cc1ccc2nccc(O)c2n1. The normalized spacial score (nSPS) is 11.0.